The molecule has 1 aromatic rings. The van der Waals surface area contributed by atoms with Gasteiger partial charge in [-0.15, -0.1) is 0 Å². The zero-order valence-corrected chi connectivity index (χ0v) is 10.1. The maximum Gasteiger partial charge on any atom is 0.261 e. The molecule has 0 saturated heterocycles. The molecule has 0 aliphatic heterocycles. The zero-order chi connectivity index (χ0) is 13.5. The van der Waals surface area contributed by atoms with E-state index in [1.807, 2.05) is 0 Å². The standard InChI is InChI=1S/C11H12ClF2NO3/c12-8-2-1-7(5-9(8)16)15-11(17)3-4-18-6-10(13)14/h1-2,5,10,16H,3-4,6H2,(H,15,17). The molecule has 0 aliphatic rings. The van der Waals surface area contributed by atoms with Gasteiger partial charge in [-0.1, -0.05) is 11.6 Å². The smallest absolute Gasteiger partial charge is 0.261 e. The van der Waals surface area contributed by atoms with Gasteiger partial charge in [-0.05, 0) is 12.1 Å². The van der Waals surface area contributed by atoms with E-state index in [1.54, 1.807) is 0 Å². The van der Waals surface area contributed by atoms with Crippen molar-refractivity contribution in [2.24, 2.45) is 0 Å². The first-order valence-electron chi connectivity index (χ1n) is 5.13. The van der Waals surface area contributed by atoms with Crippen molar-refractivity contribution in [3.63, 3.8) is 0 Å². The summed E-state index contributed by atoms with van der Waals surface area (Å²) in [5.74, 6) is -0.547. The van der Waals surface area contributed by atoms with Crippen LogP contribution in [-0.4, -0.2) is 30.7 Å². The third-order valence-corrected chi connectivity index (χ3v) is 2.27. The number of hydrogen-bond acceptors (Lipinski definition) is 3. The molecule has 0 atom stereocenters. The fourth-order valence-corrected chi connectivity index (χ4v) is 1.27. The maximum absolute atomic E-state index is 11.7. The highest BCUT2D eigenvalue weighted by Gasteiger charge is 2.06. The minimum absolute atomic E-state index is 0.0455. The van der Waals surface area contributed by atoms with Gasteiger partial charge in [0.05, 0.1) is 18.1 Å². The summed E-state index contributed by atoms with van der Waals surface area (Å²) in [4.78, 5) is 11.4. The van der Waals surface area contributed by atoms with E-state index >= 15 is 0 Å². The number of halogens is 3. The van der Waals surface area contributed by atoms with E-state index in [2.05, 4.69) is 10.1 Å². The lowest BCUT2D eigenvalue weighted by Crippen LogP contribution is -2.15. The zero-order valence-electron chi connectivity index (χ0n) is 9.33. The molecule has 100 valence electrons. The molecule has 0 aromatic heterocycles. The van der Waals surface area contributed by atoms with Crippen LogP contribution in [0.3, 0.4) is 0 Å². The number of phenols is 1. The Morgan fingerprint density at radius 1 is 1.50 bits per heavy atom. The second-order valence-electron chi connectivity index (χ2n) is 3.43. The van der Waals surface area contributed by atoms with Crippen molar-refractivity contribution in [2.75, 3.05) is 18.5 Å². The lowest BCUT2D eigenvalue weighted by atomic mass is 10.3. The third kappa shape index (κ3) is 5.29. The number of amides is 1. The third-order valence-electron chi connectivity index (χ3n) is 1.95. The number of carbonyl (C=O) groups excluding carboxylic acids is 1. The van der Waals surface area contributed by atoms with E-state index in [1.165, 1.54) is 18.2 Å². The predicted molar refractivity (Wildman–Crippen MR) is 63.2 cm³/mol. The first-order valence-corrected chi connectivity index (χ1v) is 5.51. The van der Waals surface area contributed by atoms with Gasteiger partial charge in [0.25, 0.3) is 6.43 Å². The Morgan fingerprint density at radius 2 is 2.22 bits per heavy atom. The molecule has 7 heteroatoms. The number of ether oxygens (including phenoxy) is 1. The molecule has 0 aliphatic carbocycles. The van der Waals surface area contributed by atoms with Gasteiger partial charge in [0.15, 0.2) is 0 Å². The van der Waals surface area contributed by atoms with Crippen LogP contribution in [0.25, 0.3) is 0 Å². The lowest BCUT2D eigenvalue weighted by molar-refractivity contribution is -0.117. The summed E-state index contributed by atoms with van der Waals surface area (Å²) >= 11 is 5.60. The maximum atomic E-state index is 11.7. The normalized spacial score (nSPS) is 10.7. The van der Waals surface area contributed by atoms with Crippen LogP contribution >= 0.6 is 11.6 Å². The molecule has 1 aromatic carbocycles. The molecule has 4 nitrogen and oxygen atoms in total. The van der Waals surface area contributed by atoms with Crippen molar-refractivity contribution in [1.82, 2.24) is 0 Å². The second kappa shape index (κ2) is 7.13. The Hall–Kier alpha value is -1.40. The van der Waals surface area contributed by atoms with Gasteiger partial charge >= 0.3 is 0 Å². The van der Waals surface area contributed by atoms with Gasteiger partial charge in [-0.3, -0.25) is 4.79 Å². The van der Waals surface area contributed by atoms with Crippen molar-refractivity contribution >= 4 is 23.2 Å². The number of benzene rings is 1. The van der Waals surface area contributed by atoms with Crippen LogP contribution in [0.4, 0.5) is 14.5 Å². The van der Waals surface area contributed by atoms with Crippen molar-refractivity contribution in [3.8, 4) is 5.75 Å². The van der Waals surface area contributed by atoms with Crippen molar-refractivity contribution in [3.05, 3.63) is 23.2 Å². The van der Waals surface area contributed by atoms with Gasteiger partial charge < -0.3 is 15.2 Å². The Balaban J connectivity index is 2.33. The van der Waals surface area contributed by atoms with Crippen LogP contribution in [0.5, 0.6) is 5.75 Å². The van der Waals surface area contributed by atoms with E-state index in [9.17, 15) is 18.7 Å². The quantitative estimate of drug-likeness (QED) is 0.787. The summed E-state index contributed by atoms with van der Waals surface area (Å²) in [7, 11) is 0. The number of rotatable bonds is 6. The molecule has 0 fully saturated rings. The second-order valence-corrected chi connectivity index (χ2v) is 3.84. The molecular weight excluding hydrogens is 268 g/mol. The molecule has 18 heavy (non-hydrogen) atoms. The number of phenolic OH excluding ortho intramolecular Hbond substituents is 1. The van der Waals surface area contributed by atoms with Crippen LogP contribution in [0.2, 0.25) is 5.02 Å². The predicted octanol–water partition coefficient (Wildman–Crippen LogP) is 2.66. The van der Waals surface area contributed by atoms with E-state index in [4.69, 9.17) is 11.6 Å². The summed E-state index contributed by atoms with van der Waals surface area (Å²) in [5, 5.41) is 11.9. The number of alkyl halides is 2. The molecule has 1 amide bonds. The van der Waals surface area contributed by atoms with E-state index < -0.39 is 18.9 Å². The molecular formula is C11H12ClF2NO3. The summed E-state index contributed by atoms with van der Waals surface area (Å²) in [6.07, 6.45) is -2.59. The Labute approximate surface area is 108 Å². The summed E-state index contributed by atoms with van der Waals surface area (Å²) in [6, 6.07) is 4.24. The van der Waals surface area contributed by atoms with Crippen molar-refractivity contribution < 1.29 is 23.4 Å². The molecule has 0 saturated carbocycles. The highest BCUT2D eigenvalue weighted by atomic mass is 35.5. The fraction of sp³-hybridized carbons (Fsp3) is 0.364. The lowest BCUT2D eigenvalue weighted by Gasteiger charge is -2.07. The summed E-state index contributed by atoms with van der Waals surface area (Å²) < 4.78 is 28.0. The highest BCUT2D eigenvalue weighted by molar-refractivity contribution is 6.32. The highest BCUT2D eigenvalue weighted by Crippen LogP contribution is 2.26. The summed E-state index contributed by atoms with van der Waals surface area (Å²) in [6.45, 7) is -0.773. The minimum atomic E-state index is -2.54. The van der Waals surface area contributed by atoms with Gasteiger partial charge in [0, 0.05) is 11.8 Å². The number of hydrogen-bond donors (Lipinski definition) is 2. The molecule has 1 rings (SSSR count). The molecule has 0 bridgehead atoms. The fourth-order valence-electron chi connectivity index (χ4n) is 1.15. The minimum Gasteiger partial charge on any atom is -0.506 e. The largest absolute Gasteiger partial charge is 0.506 e. The van der Waals surface area contributed by atoms with Gasteiger partial charge in [0.1, 0.15) is 12.4 Å². The topological polar surface area (TPSA) is 58.6 Å². The molecule has 0 radical (unpaired) electrons. The Morgan fingerprint density at radius 3 is 2.83 bits per heavy atom. The van der Waals surface area contributed by atoms with Crippen LogP contribution in [0, 0.1) is 0 Å². The van der Waals surface area contributed by atoms with Crippen LogP contribution < -0.4 is 5.32 Å². The Kier molecular flexibility index (Phi) is 5.80. The van der Waals surface area contributed by atoms with E-state index in [0.29, 0.717) is 5.69 Å². The number of anilines is 1. The van der Waals surface area contributed by atoms with Gasteiger partial charge in [0.2, 0.25) is 5.91 Å². The molecule has 0 spiro atoms. The van der Waals surface area contributed by atoms with Crippen LogP contribution in [0.1, 0.15) is 6.42 Å². The number of carbonyl (C=O) groups is 1. The number of nitrogens with one attached hydrogen (secondary N) is 1. The van der Waals surface area contributed by atoms with Gasteiger partial charge in [-0.25, -0.2) is 8.78 Å². The van der Waals surface area contributed by atoms with E-state index in [0.717, 1.165) is 0 Å². The van der Waals surface area contributed by atoms with E-state index in [-0.39, 0.29) is 23.8 Å². The Bertz CT molecular complexity index is 415. The van der Waals surface area contributed by atoms with Crippen LogP contribution in [-0.2, 0) is 9.53 Å². The van der Waals surface area contributed by atoms with Crippen molar-refractivity contribution in [2.45, 2.75) is 12.8 Å². The van der Waals surface area contributed by atoms with Crippen LogP contribution in [0.15, 0.2) is 18.2 Å². The molecule has 0 heterocycles. The first-order chi connectivity index (χ1) is 8.49. The number of aromatic hydroxyl groups is 1. The molecule has 2 N–H and O–H groups in total. The van der Waals surface area contributed by atoms with Crippen molar-refractivity contribution in [1.29, 1.82) is 0 Å². The average molecular weight is 280 g/mol. The molecule has 0 unspecified atom stereocenters. The SMILES string of the molecule is O=C(CCOCC(F)F)Nc1ccc(Cl)c(O)c1. The first kappa shape index (κ1) is 14.7. The average Bonchev–Trinajstić information content (AvgIpc) is 2.29. The monoisotopic (exact) mass is 279 g/mol. The van der Waals surface area contributed by atoms with Gasteiger partial charge in [-0.2, -0.15) is 0 Å². The summed E-state index contributed by atoms with van der Waals surface area (Å²) in [5.41, 5.74) is 0.371.